The number of aryl methyl sites for hydroxylation is 1. The van der Waals surface area contributed by atoms with Crippen LogP contribution in [0.5, 0.6) is 11.5 Å². The molecule has 0 bridgehead atoms. The highest BCUT2D eigenvalue weighted by molar-refractivity contribution is 5.99. The number of pyridine rings is 3. The molecule has 0 saturated carbocycles. The number of amides is 2. The number of piperidine rings is 1. The molecule has 5 aromatic rings. The summed E-state index contributed by atoms with van der Waals surface area (Å²) in [4.78, 5) is 61.0. The van der Waals surface area contributed by atoms with Gasteiger partial charge in [0.15, 0.2) is 5.65 Å². The number of carbonyl (C=O) groups excluding carboxylic acids is 2. The lowest BCUT2D eigenvalue weighted by Gasteiger charge is -2.36. The summed E-state index contributed by atoms with van der Waals surface area (Å²) >= 11 is 0. The van der Waals surface area contributed by atoms with E-state index in [1.807, 2.05) is 55.5 Å². The molecule has 6 heterocycles. The van der Waals surface area contributed by atoms with E-state index >= 15 is 0 Å². The maximum atomic E-state index is 13.0. The van der Waals surface area contributed by atoms with Crippen molar-refractivity contribution in [1.29, 1.82) is 0 Å². The molecule has 2 fully saturated rings. The zero-order chi connectivity index (χ0) is 35.3. The van der Waals surface area contributed by atoms with Crippen LogP contribution in [0.4, 0.5) is 11.5 Å². The molecule has 2 aliphatic rings. The molecule has 0 aliphatic carbocycles. The zero-order valence-corrected chi connectivity index (χ0v) is 28.7. The minimum Gasteiger partial charge on any atom is -0.496 e. The van der Waals surface area contributed by atoms with E-state index in [0.29, 0.717) is 29.1 Å². The van der Waals surface area contributed by atoms with Crippen molar-refractivity contribution in [2.45, 2.75) is 25.4 Å². The number of nitrogens with one attached hydrogen (secondary N) is 1. The summed E-state index contributed by atoms with van der Waals surface area (Å²) in [5, 5.41) is 8.07. The number of anilines is 2. The SMILES string of the molecule is COc1cc(-c2cn(C)c(=O)c3cnc(N(C)C)cc23)cc(OC)c1CN1CCN(c2ccn3c(=O)n(C4CCC(=O)NC4=O)nc3c2)CC1. The Bertz CT molecular complexity index is 2240. The Balaban J connectivity index is 1.11. The van der Waals surface area contributed by atoms with Gasteiger partial charge in [-0.25, -0.2) is 9.78 Å². The van der Waals surface area contributed by atoms with Crippen LogP contribution in [0.15, 0.2) is 58.5 Å². The van der Waals surface area contributed by atoms with Crippen molar-refractivity contribution in [2.75, 3.05) is 64.3 Å². The smallest absolute Gasteiger partial charge is 0.351 e. The minimum atomic E-state index is -0.816. The van der Waals surface area contributed by atoms with Crippen molar-refractivity contribution in [3.05, 3.63) is 75.3 Å². The molecular weight excluding hydrogens is 642 g/mol. The van der Waals surface area contributed by atoms with Crippen molar-refractivity contribution in [2.24, 2.45) is 7.05 Å². The Morgan fingerprint density at radius 1 is 0.960 bits per heavy atom. The quantitative estimate of drug-likeness (QED) is 0.239. The molecule has 50 heavy (non-hydrogen) atoms. The fourth-order valence-electron chi connectivity index (χ4n) is 6.80. The standard InChI is InChI=1S/C35H39N9O6/c1-39(2)30-17-23-24(18-36-30)34(47)40(3)19-25(23)21-14-28(49-4)26(29(15-21)50-5)20-41-10-12-42(13-11-41)22-8-9-43-31(16-22)38-44(35(43)48)27-6-7-32(45)37-33(27)46/h8-9,14-19,27H,6-7,10-13,20H2,1-5H3,(H,37,45,46). The average Bonchev–Trinajstić information content (AvgIpc) is 3.44. The molecule has 1 aromatic carbocycles. The molecule has 15 heteroatoms. The second-order valence-corrected chi connectivity index (χ2v) is 12.9. The molecule has 2 aliphatic heterocycles. The second kappa shape index (κ2) is 13.0. The summed E-state index contributed by atoms with van der Waals surface area (Å²) in [5.74, 6) is 1.27. The molecule has 2 saturated heterocycles. The van der Waals surface area contributed by atoms with E-state index < -0.39 is 17.6 Å². The number of ether oxygens (including phenoxy) is 2. The van der Waals surface area contributed by atoms with Gasteiger partial charge in [0.25, 0.3) is 11.5 Å². The van der Waals surface area contributed by atoms with E-state index in [0.717, 1.165) is 59.8 Å². The first-order valence-corrected chi connectivity index (χ1v) is 16.4. The monoisotopic (exact) mass is 681 g/mol. The molecular formula is C35H39N9O6. The summed E-state index contributed by atoms with van der Waals surface area (Å²) in [6, 6.07) is 8.83. The van der Waals surface area contributed by atoms with Gasteiger partial charge < -0.3 is 23.8 Å². The van der Waals surface area contributed by atoms with E-state index in [2.05, 4.69) is 25.2 Å². The molecule has 0 radical (unpaired) electrons. The van der Waals surface area contributed by atoms with E-state index in [9.17, 15) is 19.2 Å². The number of aromatic nitrogens is 5. The van der Waals surface area contributed by atoms with E-state index in [1.165, 1.54) is 9.08 Å². The number of rotatable bonds is 8. The van der Waals surface area contributed by atoms with Gasteiger partial charge in [-0.15, -0.1) is 5.10 Å². The molecule has 0 spiro atoms. The van der Waals surface area contributed by atoms with Gasteiger partial charge in [-0.05, 0) is 36.2 Å². The summed E-state index contributed by atoms with van der Waals surface area (Å²) in [6.45, 7) is 3.62. The van der Waals surface area contributed by atoms with Gasteiger partial charge in [-0.2, -0.15) is 4.68 Å². The van der Waals surface area contributed by atoms with E-state index in [-0.39, 0.29) is 24.3 Å². The summed E-state index contributed by atoms with van der Waals surface area (Å²) in [5.41, 5.74) is 3.48. The molecule has 260 valence electrons. The van der Waals surface area contributed by atoms with Crippen LogP contribution in [-0.4, -0.2) is 94.9 Å². The zero-order valence-electron chi connectivity index (χ0n) is 28.7. The predicted molar refractivity (Wildman–Crippen MR) is 188 cm³/mol. The van der Waals surface area contributed by atoms with Gasteiger partial charge >= 0.3 is 5.69 Å². The first-order valence-electron chi connectivity index (χ1n) is 16.4. The highest BCUT2D eigenvalue weighted by atomic mass is 16.5. The van der Waals surface area contributed by atoms with Gasteiger partial charge in [-0.1, -0.05) is 0 Å². The van der Waals surface area contributed by atoms with Crippen LogP contribution in [-0.2, 0) is 23.2 Å². The van der Waals surface area contributed by atoms with Crippen molar-refractivity contribution in [3.63, 3.8) is 0 Å². The Kier molecular flexibility index (Phi) is 8.51. The van der Waals surface area contributed by atoms with Crippen LogP contribution < -0.4 is 35.8 Å². The number of hydrogen-bond donors (Lipinski definition) is 1. The number of carbonyl (C=O) groups is 2. The lowest BCUT2D eigenvalue weighted by atomic mass is 9.98. The van der Waals surface area contributed by atoms with Gasteiger partial charge in [0, 0.05) is 102 Å². The fourth-order valence-corrected chi connectivity index (χ4v) is 6.80. The second-order valence-electron chi connectivity index (χ2n) is 12.9. The number of fused-ring (bicyclic) bond motifs is 2. The summed E-state index contributed by atoms with van der Waals surface area (Å²) in [6.07, 6.45) is 5.55. The Morgan fingerprint density at radius 2 is 1.68 bits per heavy atom. The molecule has 2 amide bonds. The predicted octanol–water partition coefficient (Wildman–Crippen LogP) is 1.79. The van der Waals surface area contributed by atoms with Crippen LogP contribution in [0.2, 0.25) is 0 Å². The third-order valence-corrected chi connectivity index (χ3v) is 9.59. The summed E-state index contributed by atoms with van der Waals surface area (Å²) < 4.78 is 16.0. The maximum absolute atomic E-state index is 13.0. The topological polar surface area (TPSA) is 149 Å². The maximum Gasteiger partial charge on any atom is 0.351 e. The van der Waals surface area contributed by atoms with Gasteiger partial charge in [0.05, 0.1) is 25.2 Å². The third kappa shape index (κ3) is 5.82. The number of piperazine rings is 1. The van der Waals surface area contributed by atoms with Crippen LogP contribution in [0, 0.1) is 0 Å². The fraction of sp³-hybridized carbons (Fsp3) is 0.371. The molecule has 4 aromatic heterocycles. The summed E-state index contributed by atoms with van der Waals surface area (Å²) in [7, 11) is 8.86. The number of hydrogen-bond acceptors (Lipinski definition) is 11. The lowest BCUT2D eigenvalue weighted by Crippen LogP contribution is -2.46. The van der Waals surface area contributed by atoms with Gasteiger partial charge in [0.2, 0.25) is 5.91 Å². The van der Waals surface area contributed by atoms with Crippen LogP contribution in [0.1, 0.15) is 24.4 Å². The Hall–Kier alpha value is -5.70. The minimum absolute atomic E-state index is 0.119. The number of methoxy groups -OCH3 is 2. The van der Waals surface area contributed by atoms with Crippen LogP contribution >= 0.6 is 0 Å². The average molecular weight is 682 g/mol. The number of imide groups is 1. The van der Waals surface area contributed by atoms with Crippen molar-refractivity contribution < 1.29 is 19.1 Å². The molecule has 15 nitrogen and oxygen atoms in total. The first-order chi connectivity index (χ1) is 24.1. The highest BCUT2D eigenvalue weighted by Crippen LogP contribution is 2.38. The molecule has 1 N–H and O–H groups in total. The van der Waals surface area contributed by atoms with Gasteiger partial charge in [-0.3, -0.25) is 29.0 Å². The highest BCUT2D eigenvalue weighted by Gasteiger charge is 2.31. The lowest BCUT2D eigenvalue weighted by molar-refractivity contribution is -0.136. The molecule has 1 unspecified atom stereocenters. The Morgan fingerprint density at radius 3 is 2.34 bits per heavy atom. The molecule has 1 atom stereocenters. The van der Waals surface area contributed by atoms with Crippen molar-refractivity contribution in [1.82, 2.24) is 33.9 Å². The third-order valence-electron chi connectivity index (χ3n) is 9.59. The van der Waals surface area contributed by atoms with Crippen molar-refractivity contribution >= 4 is 39.7 Å². The van der Waals surface area contributed by atoms with E-state index in [1.54, 1.807) is 38.2 Å². The van der Waals surface area contributed by atoms with Gasteiger partial charge in [0.1, 0.15) is 23.4 Å². The Labute approximate surface area is 287 Å². The van der Waals surface area contributed by atoms with Crippen molar-refractivity contribution in [3.8, 4) is 22.6 Å². The number of nitrogens with zero attached hydrogens (tertiary/aromatic N) is 8. The first kappa shape index (κ1) is 32.8. The molecule has 7 rings (SSSR count). The largest absolute Gasteiger partial charge is 0.496 e. The van der Waals surface area contributed by atoms with Crippen LogP contribution in [0.25, 0.3) is 27.5 Å². The van der Waals surface area contributed by atoms with E-state index in [4.69, 9.17) is 9.47 Å². The van der Waals surface area contributed by atoms with Crippen LogP contribution in [0.3, 0.4) is 0 Å². The number of benzene rings is 1. The normalized spacial score (nSPS) is 17.0.